The second-order valence-electron chi connectivity index (χ2n) is 5.74. The molecule has 25 heavy (non-hydrogen) atoms. The standard InChI is InChI=1S/C22H15NOS/c23-13-18-5-1-2-6-19(18)17-11-9-16(10-12-17)14-24-21-15-25-22-8-4-3-7-20(21)22/h1-12,15H,14H2. The Morgan fingerprint density at radius 2 is 1.64 bits per heavy atom. The molecule has 3 aromatic carbocycles. The van der Waals surface area contributed by atoms with Gasteiger partial charge in [-0.3, -0.25) is 0 Å². The summed E-state index contributed by atoms with van der Waals surface area (Å²) in [5, 5.41) is 12.5. The number of fused-ring (bicyclic) bond motifs is 1. The number of hydrogen-bond acceptors (Lipinski definition) is 3. The van der Waals surface area contributed by atoms with Gasteiger partial charge in [0.2, 0.25) is 0 Å². The Morgan fingerprint density at radius 3 is 2.48 bits per heavy atom. The number of thiophene rings is 1. The van der Waals surface area contributed by atoms with Crippen molar-refractivity contribution in [1.29, 1.82) is 5.26 Å². The van der Waals surface area contributed by atoms with Gasteiger partial charge in [-0.2, -0.15) is 5.26 Å². The van der Waals surface area contributed by atoms with Crippen LogP contribution in [0.4, 0.5) is 0 Å². The van der Waals surface area contributed by atoms with Gasteiger partial charge in [0.15, 0.2) is 0 Å². The normalized spacial score (nSPS) is 10.5. The molecule has 0 saturated carbocycles. The molecular weight excluding hydrogens is 326 g/mol. The summed E-state index contributed by atoms with van der Waals surface area (Å²) in [6, 6.07) is 26.4. The van der Waals surface area contributed by atoms with Gasteiger partial charge in [0.05, 0.1) is 11.6 Å². The monoisotopic (exact) mass is 341 g/mol. The van der Waals surface area contributed by atoms with E-state index in [2.05, 4.69) is 35.7 Å². The Labute approximate surface area is 150 Å². The first-order chi connectivity index (χ1) is 12.3. The molecule has 3 heteroatoms. The number of nitriles is 1. The van der Waals surface area contributed by atoms with E-state index < -0.39 is 0 Å². The highest BCUT2D eigenvalue weighted by molar-refractivity contribution is 7.17. The van der Waals surface area contributed by atoms with Crippen LogP contribution in [0, 0.1) is 11.3 Å². The summed E-state index contributed by atoms with van der Waals surface area (Å²) in [5.74, 6) is 0.930. The highest BCUT2D eigenvalue weighted by atomic mass is 32.1. The van der Waals surface area contributed by atoms with Crippen molar-refractivity contribution in [2.45, 2.75) is 6.61 Å². The minimum absolute atomic E-state index is 0.529. The predicted molar refractivity (Wildman–Crippen MR) is 103 cm³/mol. The Bertz CT molecular complexity index is 1060. The quantitative estimate of drug-likeness (QED) is 0.455. The van der Waals surface area contributed by atoms with Crippen LogP contribution >= 0.6 is 11.3 Å². The Morgan fingerprint density at radius 1 is 0.880 bits per heavy atom. The molecule has 2 nitrogen and oxygen atoms in total. The van der Waals surface area contributed by atoms with Crippen LogP contribution in [0.1, 0.15) is 11.1 Å². The molecule has 1 heterocycles. The van der Waals surface area contributed by atoms with E-state index in [4.69, 9.17) is 4.74 Å². The van der Waals surface area contributed by atoms with E-state index in [-0.39, 0.29) is 0 Å². The average molecular weight is 341 g/mol. The molecule has 0 saturated heterocycles. The van der Waals surface area contributed by atoms with Crippen molar-refractivity contribution >= 4 is 21.4 Å². The molecule has 0 spiro atoms. The number of benzene rings is 3. The van der Waals surface area contributed by atoms with Crippen molar-refractivity contribution in [3.8, 4) is 22.9 Å². The van der Waals surface area contributed by atoms with Crippen molar-refractivity contribution in [3.63, 3.8) is 0 Å². The maximum absolute atomic E-state index is 9.24. The Kier molecular flexibility index (Phi) is 4.20. The van der Waals surface area contributed by atoms with Gasteiger partial charge in [0, 0.05) is 15.5 Å². The van der Waals surface area contributed by atoms with Gasteiger partial charge < -0.3 is 4.74 Å². The first kappa shape index (κ1) is 15.4. The number of nitrogens with zero attached hydrogens (tertiary/aromatic N) is 1. The number of ether oxygens (including phenoxy) is 1. The fourth-order valence-electron chi connectivity index (χ4n) is 2.84. The van der Waals surface area contributed by atoms with Crippen LogP contribution in [0.2, 0.25) is 0 Å². The van der Waals surface area contributed by atoms with E-state index in [9.17, 15) is 5.26 Å². The van der Waals surface area contributed by atoms with E-state index in [1.807, 2.05) is 48.5 Å². The molecule has 0 fully saturated rings. The molecule has 120 valence electrons. The van der Waals surface area contributed by atoms with Crippen LogP contribution in [0.5, 0.6) is 5.75 Å². The van der Waals surface area contributed by atoms with E-state index in [0.717, 1.165) is 27.8 Å². The second-order valence-corrected chi connectivity index (χ2v) is 6.65. The SMILES string of the molecule is N#Cc1ccccc1-c1ccc(COc2csc3ccccc23)cc1. The zero-order valence-corrected chi connectivity index (χ0v) is 14.3. The lowest BCUT2D eigenvalue weighted by Crippen LogP contribution is -1.94. The summed E-state index contributed by atoms with van der Waals surface area (Å²) in [7, 11) is 0. The predicted octanol–water partition coefficient (Wildman–Crippen LogP) is 6.02. The van der Waals surface area contributed by atoms with Crippen LogP contribution in [0.15, 0.2) is 78.2 Å². The maximum atomic E-state index is 9.24. The van der Waals surface area contributed by atoms with Gasteiger partial charge in [-0.25, -0.2) is 0 Å². The first-order valence-electron chi connectivity index (χ1n) is 8.02. The molecule has 0 amide bonds. The summed E-state index contributed by atoms with van der Waals surface area (Å²) >= 11 is 1.70. The minimum atomic E-state index is 0.529. The van der Waals surface area contributed by atoms with Gasteiger partial charge in [0.1, 0.15) is 12.4 Å². The van der Waals surface area contributed by atoms with Gasteiger partial charge in [-0.15, -0.1) is 11.3 Å². The lowest BCUT2D eigenvalue weighted by atomic mass is 9.99. The van der Waals surface area contributed by atoms with Crippen molar-refractivity contribution in [2.24, 2.45) is 0 Å². The largest absolute Gasteiger partial charge is 0.487 e. The lowest BCUT2D eigenvalue weighted by molar-refractivity contribution is 0.311. The fraction of sp³-hybridized carbons (Fsp3) is 0.0455. The molecule has 0 unspecified atom stereocenters. The third kappa shape index (κ3) is 3.13. The minimum Gasteiger partial charge on any atom is -0.487 e. The summed E-state index contributed by atoms with van der Waals surface area (Å²) in [4.78, 5) is 0. The second kappa shape index (κ2) is 6.80. The molecule has 0 radical (unpaired) electrons. The highest BCUT2D eigenvalue weighted by Gasteiger charge is 2.06. The summed E-state index contributed by atoms with van der Waals surface area (Å²) in [5.41, 5.74) is 3.80. The Hall–Kier alpha value is -3.09. The third-order valence-electron chi connectivity index (χ3n) is 4.15. The van der Waals surface area contributed by atoms with E-state index >= 15 is 0 Å². The zero-order chi connectivity index (χ0) is 17.1. The van der Waals surface area contributed by atoms with Crippen molar-refractivity contribution in [3.05, 3.63) is 89.3 Å². The summed E-state index contributed by atoms with van der Waals surface area (Å²) < 4.78 is 7.23. The molecule has 0 aliphatic carbocycles. The first-order valence-corrected chi connectivity index (χ1v) is 8.90. The molecule has 0 atom stereocenters. The van der Waals surface area contributed by atoms with Crippen molar-refractivity contribution < 1.29 is 4.74 Å². The number of hydrogen-bond donors (Lipinski definition) is 0. The van der Waals surface area contributed by atoms with Gasteiger partial charge in [-0.05, 0) is 34.9 Å². The van der Waals surface area contributed by atoms with E-state index in [0.29, 0.717) is 12.2 Å². The van der Waals surface area contributed by atoms with Crippen molar-refractivity contribution in [1.82, 2.24) is 0 Å². The molecule has 1 aromatic heterocycles. The van der Waals surface area contributed by atoms with Crippen molar-refractivity contribution in [2.75, 3.05) is 0 Å². The molecule has 4 rings (SSSR count). The topological polar surface area (TPSA) is 33.0 Å². The molecule has 0 N–H and O–H groups in total. The molecule has 0 aliphatic heterocycles. The molecule has 0 aliphatic rings. The summed E-state index contributed by atoms with van der Waals surface area (Å²) in [6.07, 6.45) is 0. The number of rotatable bonds is 4. The Balaban J connectivity index is 1.52. The van der Waals surface area contributed by atoms with Gasteiger partial charge in [0.25, 0.3) is 0 Å². The highest BCUT2D eigenvalue weighted by Crippen LogP contribution is 2.32. The van der Waals surface area contributed by atoms with Gasteiger partial charge in [-0.1, -0.05) is 54.6 Å². The van der Waals surface area contributed by atoms with Crippen LogP contribution in [-0.2, 0) is 6.61 Å². The molecule has 4 aromatic rings. The van der Waals surface area contributed by atoms with Crippen LogP contribution in [0.3, 0.4) is 0 Å². The smallest absolute Gasteiger partial charge is 0.138 e. The molecular formula is C22H15NOS. The molecule has 0 bridgehead atoms. The average Bonchev–Trinajstić information content (AvgIpc) is 3.10. The zero-order valence-electron chi connectivity index (χ0n) is 13.5. The fourth-order valence-corrected chi connectivity index (χ4v) is 3.72. The van der Waals surface area contributed by atoms with E-state index in [1.165, 1.54) is 4.70 Å². The van der Waals surface area contributed by atoms with E-state index in [1.54, 1.807) is 11.3 Å². The van der Waals surface area contributed by atoms with Crippen LogP contribution < -0.4 is 4.74 Å². The van der Waals surface area contributed by atoms with Crippen LogP contribution in [-0.4, -0.2) is 0 Å². The lowest BCUT2D eigenvalue weighted by Gasteiger charge is -2.08. The maximum Gasteiger partial charge on any atom is 0.138 e. The summed E-state index contributed by atoms with van der Waals surface area (Å²) in [6.45, 7) is 0.529. The third-order valence-corrected chi connectivity index (χ3v) is 5.09. The van der Waals surface area contributed by atoms with Crippen LogP contribution in [0.25, 0.3) is 21.2 Å². The van der Waals surface area contributed by atoms with Gasteiger partial charge >= 0.3 is 0 Å².